The van der Waals surface area contributed by atoms with Gasteiger partial charge in [-0.2, -0.15) is 0 Å². The van der Waals surface area contributed by atoms with Crippen molar-refractivity contribution >= 4 is 5.91 Å². The first kappa shape index (κ1) is 19.1. The molecule has 0 bridgehead atoms. The number of ether oxygens (including phenoxy) is 1. The number of methoxy groups -OCH3 is 1. The van der Waals surface area contributed by atoms with E-state index in [1.54, 1.807) is 7.11 Å². The highest BCUT2D eigenvalue weighted by Crippen LogP contribution is 2.29. The van der Waals surface area contributed by atoms with Crippen LogP contribution in [0.1, 0.15) is 52.9 Å². The summed E-state index contributed by atoms with van der Waals surface area (Å²) in [5.41, 5.74) is 1.80. The molecule has 2 aliphatic rings. The number of nitrogens with zero attached hydrogens (tertiary/aromatic N) is 5. The van der Waals surface area contributed by atoms with E-state index in [0.717, 1.165) is 48.7 Å². The Labute approximate surface area is 166 Å². The number of benzene rings is 1. The fourth-order valence-corrected chi connectivity index (χ4v) is 4.29. The number of rotatable bonds is 4. The SMILES string of the molecule is COCc1ccc(C(=O)N2CCc3nnc([C@H]4CCCCN4C)n3CC2)cc1. The van der Waals surface area contributed by atoms with Crippen molar-refractivity contribution in [2.75, 3.05) is 33.8 Å². The van der Waals surface area contributed by atoms with Crippen LogP contribution in [0, 0.1) is 0 Å². The van der Waals surface area contributed by atoms with E-state index in [2.05, 4.69) is 26.7 Å². The Kier molecular flexibility index (Phi) is 5.73. The topological polar surface area (TPSA) is 63.5 Å². The summed E-state index contributed by atoms with van der Waals surface area (Å²) < 4.78 is 7.39. The lowest BCUT2D eigenvalue weighted by molar-refractivity contribution is 0.0757. The van der Waals surface area contributed by atoms with E-state index in [1.165, 1.54) is 12.8 Å². The molecule has 0 unspecified atom stereocenters. The zero-order valence-corrected chi connectivity index (χ0v) is 16.8. The minimum absolute atomic E-state index is 0.0824. The lowest BCUT2D eigenvalue weighted by Crippen LogP contribution is -2.34. The summed E-state index contributed by atoms with van der Waals surface area (Å²) in [6.45, 7) is 3.79. The number of amides is 1. The fraction of sp³-hybridized carbons (Fsp3) is 0.571. The largest absolute Gasteiger partial charge is 0.380 e. The van der Waals surface area contributed by atoms with Crippen LogP contribution in [0.5, 0.6) is 0 Å². The van der Waals surface area contributed by atoms with Crippen LogP contribution >= 0.6 is 0 Å². The highest BCUT2D eigenvalue weighted by atomic mass is 16.5. The maximum absolute atomic E-state index is 13.0. The summed E-state index contributed by atoms with van der Waals surface area (Å²) in [5, 5.41) is 8.98. The fourth-order valence-electron chi connectivity index (χ4n) is 4.29. The number of hydrogen-bond acceptors (Lipinski definition) is 5. The van der Waals surface area contributed by atoms with Gasteiger partial charge in [0.1, 0.15) is 11.6 Å². The van der Waals surface area contributed by atoms with Crippen LogP contribution in [0.2, 0.25) is 0 Å². The highest BCUT2D eigenvalue weighted by molar-refractivity contribution is 5.94. The average molecular weight is 383 g/mol. The van der Waals surface area contributed by atoms with E-state index in [0.29, 0.717) is 25.7 Å². The minimum atomic E-state index is 0.0824. The molecule has 1 atom stereocenters. The van der Waals surface area contributed by atoms with Gasteiger partial charge in [-0.3, -0.25) is 9.69 Å². The van der Waals surface area contributed by atoms with Crippen LogP contribution in [-0.4, -0.2) is 64.3 Å². The normalized spacial score (nSPS) is 20.6. The summed E-state index contributed by atoms with van der Waals surface area (Å²) in [5.74, 6) is 2.15. The monoisotopic (exact) mass is 383 g/mol. The number of hydrogen-bond donors (Lipinski definition) is 0. The predicted octanol–water partition coefficient (Wildman–Crippen LogP) is 2.28. The van der Waals surface area contributed by atoms with Crippen molar-refractivity contribution in [1.29, 1.82) is 0 Å². The van der Waals surface area contributed by atoms with Crippen LogP contribution in [0.4, 0.5) is 0 Å². The summed E-state index contributed by atoms with van der Waals surface area (Å²) in [6.07, 6.45) is 4.36. The van der Waals surface area contributed by atoms with E-state index >= 15 is 0 Å². The molecular formula is C21H29N5O2. The van der Waals surface area contributed by atoms with Crippen LogP contribution in [0.3, 0.4) is 0 Å². The lowest BCUT2D eigenvalue weighted by atomic mass is 10.0. The molecule has 1 amide bonds. The van der Waals surface area contributed by atoms with Gasteiger partial charge < -0.3 is 14.2 Å². The van der Waals surface area contributed by atoms with Gasteiger partial charge in [0.05, 0.1) is 12.6 Å². The zero-order valence-electron chi connectivity index (χ0n) is 16.8. The first-order valence-corrected chi connectivity index (χ1v) is 10.2. The molecule has 1 saturated heterocycles. The average Bonchev–Trinajstić information content (AvgIpc) is 2.99. The van der Waals surface area contributed by atoms with Crippen LogP contribution in [0.25, 0.3) is 0 Å². The van der Waals surface area contributed by atoms with Gasteiger partial charge in [0.15, 0.2) is 0 Å². The van der Waals surface area contributed by atoms with E-state index < -0.39 is 0 Å². The molecular weight excluding hydrogens is 354 g/mol. The Balaban J connectivity index is 1.46. The standard InChI is InChI=1S/C21H29N5O2/c1-24-11-4-3-5-18(24)20-23-22-19-10-12-25(13-14-26(19)20)21(27)17-8-6-16(7-9-17)15-28-2/h6-9,18H,3-5,10-15H2,1-2H3/t18-/m1/s1. The molecule has 2 aromatic rings. The van der Waals surface area contributed by atoms with Gasteiger partial charge in [0, 0.05) is 38.7 Å². The van der Waals surface area contributed by atoms with Gasteiger partial charge in [0.2, 0.25) is 0 Å². The minimum Gasteiger partial charge on any atom is -0.380 e. The quantitative estimate of drug-likeness (QED) is 0.811. The van der Waals surface area contributed by atoms with Gasteiger partial charge in [-0.05, 0) is 44.1 Å². The zero-order chi connectivity index (χ0) is 19.5. The molecule has 150 valence electrons. The van der Waals surface area contributed by atoms with Gasteiger partial charge in [-0.25, -0.2) is 0 Å². The van der Waals surface area contributed by atoms with Gasteiger partial charge in [0.25, 0.3) is 5.91 Å². The Morgan fingerprint density at radius 2 is 1.93 bits per heavy atom. The molecule has 1 aromatic carbocycles. The number of likely N-dealkylation sites (tertiary alicyclic amines) is 1. The molecule has 0 saturated carbocycles. The number of piperidine rings is 1. The van der Waals surface area contributed by atoms with E-state index in [4.69, 9.17) is 4.74 Å². The third kappa shape index (κ3) is 3.82. The van der Waals surface area contributed by atoms with E-state index in [1.807, 2.05) is 29.2 Å². The van der Waals surface area contributed by atoms with Crippen molar-refractivity contribution in [2.24, 2.45) is 0 Å². The Bertz CT molecular complexity index is 817. The second-order valence-electron chi connectivity index (χ2n) is 7.79. The molecule has 2 aliphatic heterocycles. The first-order chi connectivity index (χ1) is 13.7. The van der Waals surface area contributed by atoms with Crippen LogP contribution in [0.15, 0.2) is 24.3 Å². The molecule has 1 fully saturated rings. The Hall–Kier alpha value is -2.25. The summed E-state index contributed by atoms with van der Waals surface area (Å²) in [6, 6.07) is 8.04. The van der Waals surface area contributed by atoms with E-state index in [9.17, 15) is 4.79 Å². The molecule has 0 spiro atoms. The van der Waals surface area contributed by atoms with E-state index in [-0.39, 0.29) is 5.91 Å². The predicted molar refractivity (Wildman–Crippen MR) is 106 cm³/mol. The van der Waals surface area contributed by atoms with Gasteiger partial charge >= 0.3 is 0 Å². The number of carbonyl (C=O) groups excluding carboxylic acids is 1. The van der Waals surface area contributed by atoms with Crippen molar-refractivity contribution in [3.63, 3.8) is 0 Å². The first-order valence-electron chi connectivity index (χ1n) is 10.2. The van der Waals surface area contributed by atoms with Crippen LogP contribution in [-0.2, 0) is 24.3 Å². The summed E-state index contributed by atoms with van der Waals surface area (Å²) in [4.78, 5) is 17.3. The third-order valence-electron chi connectivity index (χ3n) is 5.92. The van der Waals surface area contributed by atoms with Gasteiger partial charge in [-0.1, -0.05) is 18.6 Å². The van der Waals surface area contributed by atoms with Crippen molar-refractivity contribution in [1.82, 2.24) is 24.6 Å². The number of carbonyl (C=O) groups is 1. The van der Waals surface area contributed by atoms with Crippen LogP contribution < -0.4 is 0 Å². The van der Waals surface area contributed by atoms with Crippen molar-refractivity contribution in [3.8, 4) is 0 Å². The van der Waals surface area contributed by atoms with Crippen molar-refractivity contribution in [3.05, 3.63) is 47.0 Å². The molecule has 7 nitrogen and oxygen atoms in total. The van der Waals surface area contributed by atoms with Crippen molar-refractivity contribution in [2.45, 2.75) is 44.9 Å². The maximum Gasteiger partial charge on any atom is 0.253 e. The molecule has 3 heterocycles. The molecule has 28 heavy (non-hydrogen) atoms. The number of fused-ring (bicyclic) bond motifs is 1. The summed E-state index contributed by atoms with van der Waals surface area (Å²) in [7, 11) is 3.85. The molecule has 1 aromatic heterocycles. The second-order valence-corrected chi connectivity index (χ2v) is 7.79. The smallest absolute Gasteiger partial charge is 0.253 e. The molecule has 0 radical (unpaired) electrons. The molecule has 0 N–H and O–H groups in total. The highest BCUT2D eigenvalue weighted by Gasteiger charge is 2.29. The van der Waals surface area contributed by atoms with Gasteiger partial charge in [-0.15, -0.1) is 10.2 Å². The molecule has 4 rings (SSSR count). The van der Waals surface area contributed by atoms with Crippen molar-refractivity contribution < 1.29 is 9.53 Å². The lowest BCUT2D eigenvalue weighted by Gasteiger charge is -2.32. The third-order valence-corrected chi connectivity index (χ3v) is 5.92. The number of aromatic nitrogens is 3. The maximum atomic E-state index is 13.0. The molecule has 7 heteroatoms. The second kappa shape index (κ2) is 8.41. The molecule has 0 aliphatic carbocycles. The Morgan fingerprint density at radius 3 is 2.68 bits per heavy atom. The Morgan fingerprint density at radius 1 is 1.11 bits per heavy atom. The summed E-state index contributed by atoms with van der Waals surface area (Å²) >= 11 is 0.